The Morgan fingerprint density at radius 1 is 1.04 bits per heavy atom. The average Bonchev–Trinajstić information content (AvgIpc) is 2.64. The lowest BCUT2D eigenvalue weighted by molar-refractivity contribution is 0.0558. The molecule has 2 nitrogen and oxygen atoms in total. The van der Waals surface area contributed by atoms with Gasteiger partial charge in [-0.3, -0.25) is 0 Å². The second-order valence-electron chi connectivity index (χ2n) is 8.62. The maximum absolute atomic E-state index is 10.3. The van der Waals surface area contributed by atoms with E-state index in [-0.39, 0.29) is 5.60 Å². The van der Waals surface area contributed by atoms with Gasteiger partial charge in [0.15, 0.2) is 0 Å². The number of rotatable bonds is 7. The molecule has 1 heterocycles. The Kier molecular flexibility index (Phi) is 7.19. The molecule has 1 N–H and O–H groups in total. The molecule has 1 aromatic carbocycles. The van der Waals surface area contributed by atoms with Crippen LogP contribution in [0, 0.1) is 20.8 Å². The van der Waals surface area contributed by atoms with Gasteiger partial charge in [0.05, 0.1) is 0 Å². The van der Waals surface area contributed by atoms with Gasteiger partial charge in [0.25, 0.3) is 0 Å². The molecule has 1 unspecified atom stereocenters. The smallest absolute Gasteiger partial charge is 0.127 e. The molecule has 0 fully saturated rings. The summed E-state index contributed by atoms with van der Waals surface area (Å²) in [6, 6.07) is 0. The summed E-state index contributed by atoms with van der Waals surface area (Å²) in [5.74, 6) is 1.45. The molecule has 1 aliphatic heterocycles. The minimum atomic E-state index is -0.122. The number of benzene rings is 1. The van der Waals surface area contributed by atoms with Crippen molar-refractivity contribution >= 4 is 0 Å². The molecular formula is C25H38O2. The van der Waals surface area contributed by atoms with Crippen LogP contribution in [-0.4, -0.2) is 10.7 Å². The number of aromatic hydroxyl groups is 1. The molecule has 150 valence electrons. The van der Waals surface area contributed by atoms with Crippen LogP contribution in [0.25, 0.3) is 0 Å². The summed E-state index contributed by atoms with van der Waals surface area (Å²) in [5.41, 5.74) is 7.05. The van der Waals surface area contributed by atoms with Gasteiger partial charge in [-0.25, -0.2) is 0 Å². The zero-order valence-electron chi connectivity index (χ0n) is 18.5. The van der Waals surface area contributed by atoms with E-state index in [1.807, 2.05) is 13.8 Å². The summed E-state index contributed by atoms with van der Waals surface area (Å²) in [6.07, 6.45) is 12.3. The van der Waals surface area contributed by atoms with Gasteiger partial charge in [-0.1, -0.05) is 30.2 Å². The van der Waals surface area contributed by atoms with Crippen LogP contribution in [0.3, 0.4) is 0 Å². The first kappa shape index (κ1) is 21.6. The molecule has 0 bridgehead atoms. The third-order valence-electron chi connectivity index (χ3n) is 6.35. The summed E-state index contributed by atoms with van der Waals surface area (Å²) in [7, 11) is 0. The Morgan fingerprint density at radius 3 is 2.37 bits per heavy atom. The van der Waals surface area contributed by atoms with Crippen molar-refractivity contribution in [3.8, 4) is 11.5 Å². The van der Waals surface area contributed by atoms with Crippen molar-refractivity contribution in [2.45, 2.75) is 99.0 Å². The Morgan fingerprint density at radius 2 is 1.70 bits per heavy atom. The molecule has 1 atom stereocenters. The molecular weight excluding hydrogens is 332 g/mol. The number of phenols is 1. The lowest BCUT2D eigenvalue weighted by atomic mass is 9.85. The lowest BCUT2D eigenvalue weighted by Crippen LogP contribution is -2.37. The minimum Gasteiger partial charge on any atom is -0.507 e. The molecule has 0 aliphatic carbocycles. The summed E-state index contributed by atoms with van der Waals surface area (Å²) in [6.45, 7) is 15.0. The first-order valence-electron chi connectivity index (χ1n) is 10.5. The highest BCUT2D eigenvalue weighted by Gasteiger charge is 2.33. The van der Waals surface area contributed by atoms with Crippen LogP contribution in [0.4, 0.5) is 0 Å². The maximum atomic E-state index is 10.3. The van der Waals surface area contributed by atoms with Crippen LogP contribution in [0.2, 0.25) is 0 Å². The number of allylic oxidation sites excluding steroid dienone is 4. The van der Waals surface area contributed by atoms with Gasteiger partial charge in [-0.15, -0.1) is 0 Å². The van der Waals surface area contributed by atoms with Crippen LogP contribution in [0.1, 0.15) is 88.5 Å². The Balaban J connectivity index is 2.00. The van der Waals surface area contributed by atoms with Crippen molar-refractivity contribution in [2.24, 2.45) is 0 Å². The average molecular weight is 371 g/mol. The quantitative estimate of drug-likeness (QED) is 0.512. The molecule has 0 saturated carbocycles. The largest absolute Gasteiger partial charge is 0.507 e. The third-order valence-corrected chi connectivity index (χ3v) is 6.35. The zero-order chi connectivity index (χ0) is 20.2. The summed E-state index contributed by atoms with van der Waals surface area (Å²) < 4.78 is 6.53. The summed E-state index contributed by atoms with van der Waals surface area (Å²) in [4.78, 5) is 0. The van der Waals surface area contributed by atoms with Crippen molar-refractivity contribution in [1.82, 2.24) is 0 Å². The topological polar surface area (TPSA) is 29.5 Å². The van der Waals surface area contributed by atoms with Crippen LogP contribution < -0.4 is 4.74 Å². The Bertz CT molecular complexity index is 739. The van der Waals surface area contributed by atoms with E-state index in [0.717, 1.165) is 67.4 Å². The molecule has 0 saturated heterocycles. The van der Waals surface area contributed by atoms with Crippen LogP contribution >= 0.6 is 0 Å². The molecule has 1 aromatic rings. The van der Waals surface area contributed by atoms with Crippen molar-refractivity contribution in [2.75, 3.05) is 0 Å². The number of hydrogen-bond donors (Lipinski definition) is 1. The van der Waals surface area contributed by atoms with Crippen LogP contribution in [0.5, 0.6) is 11.5 Å². The van der Waals surface area contributed by atoms with E-state index in [9.17, 15) is 5.11 Å². The minimum absolute atomic E-state index is 0.122. The standard InChI is InChI=1S/C25H38O2/c1-8-17(2)11-9-12-18(3)13-10-15-25(7)16-14-22-21(6)23(26)19(4)20(5)24(22)27-25/h11,13,26H,8-10,12,14-16H2,1-7H3/b17-11+,18-13+. The zero-order valence-corrected chi connectivity index (χ0v) is 18.5. The molecule has 2 heteroatoms. The number of hydrogen-bond acceptors (Lipinski definition) is 2. The van der Waals surface area contributed by atoms with Gasteiger partial charge in [0.2, 0.25) is 0 Å². The fourth-order valence-electron chi connectivity index (χ4n) is 3.89. The highest BCUT2D eigenvalue weighted by Crippen LogP contribution is 2.44. The van der Waals surface area contributed by atoms with Crippen LogP contribution in [0.15, 0.2) is 23.3 Å². The highest BCUT2D eigenvalue weighted by atomic mass is 16.5. The number of phenolic OH excluding ortho intramolecular Hbond substituents is 1. The summed E-state index contributed by atoms with van der Waals surface area (Å²) >= 11 is 0. The third kappa shape index (κ3) is 5.18. The lowest BCUT2D eigenvalue weighted by Gasteiger charge is -2.38. The van der Waals surface area contributed by atoms with E-state index in [0.29, 0.717) is 5.75 Å². The normalized spacial score (nSPS) is 20.4. The van der Waals surface area contributed by atoms with Gasteiger partial charge in [-0.05, 0) is 103 Å². The van der Waals surface area contributed by atoms with E-state index in [2.05, 4.69) is 46.8 Å². The van der Waals surface area contributed by atoms with Gasteiger partial charge < -0.3 is 9.84 Å². The molecule has 2 rings (SSSR count). The van der Waals surface area contributed by atoms with Crippen molar-refractivity contribution in [1.29, 1.82) is 0 Å². The van der Waals surface area contributed by atoms with Crippen molar-refractivity contribution < 1.29 is 9.84 Å². The predicted molar refractivity (Wildman–Crippen MR) is 116 cm³/mol. The second kappa shape index (κ2) is 8.99. The van der Waals surface area contributed by atoms with Crippen LogP contribution in [-0.2, 0) is 6.42 Å². The Hall–Kier alpha value is -1.70. The molecule has 0 spiro atoms. The van der Waals surface area contributed by atoms with Gasteiger partial charge in [-0.2, -0.15) is 0 Å². The SMILES string of the molecule is CC/C(C)=C/CC/C(C)=C/CCC1(C)CCc2c(C)c(O)c(C)c(C)c2O1. The van der Waals surface area contributed by atoms with Gasteiger partial charge >= 0.3 is 0 Å². The van der Waals surface area contributed by atoms with Gasteiger partial charge in [0.1, 0.15) is 17.1 Å². The molecule has 0 aromatic heterocycles. The van der Waals surface area contributed by atoms with Gasteiger partial charge in [0, 0.05) is 5.56 Å². The maximum Gasteiger partial charge on any atom is 0.127 e. The molecule has 27 heavy (non-hydrogen) atoms. The predicted octanol–water partition coefficient (Wildman–Crippen LogP) is 7.26. The molecule has 0 radical (unpaired) electrons. The fourth-order valence-corrected chi connectivity index (χ4v) is 3.89. The van der Waals surface area contributed by atoms with Crippen molar-refractivity contribution in [3.63, 3.8) is 0 Å². The van der Waals surface area contributed by atoms with Crippen molar-refractivity contribution in [3.05, 3.63) is 45.6 Å². The fraction of sp³-hybridized carbons (Fsp3) is 0.600. The molecule has 1 aliphatic rings. The van der Waals surface area contributed by atoms with E-state index >= 15 is 0 Å². The monoisotopic (exact) mass is 370 g/mol. The number of fused-ring (bicyclic) bond motifs is 1. The first-order chi connectivity index (χ1) is 12.7. The molecule has 0 amide bonds. The first-order valence-corrected chi connectivity index (χ1v) is 10.5. The summed E-state index contributed by atoms with van der Waals surface area (Å²) in [5, 5.41) is 10.3. The number of ether oxygens (including phenoxy) is 1. The van der Waals surface area contributed by atoms with E-state index in [1.165, 1.54) is 16.7 Å². The Labute approximate surface area is 166 Å². The highest BCUT2D eigenvalue weighted by molar-refractivity contribution is 5.58. The van der Waals surface area contributed by atoms with E-state index < -0.39 is 0 Å². The second-order valence-corrected chi connectivity index (χ2v) is 8.62. The van der Waals surface area contributed by atoms with E-state index in [1.54, 1.807) is 0 Å². The van der Waals surface area contributed by atoms with E-state index in [4.69, 9.17) is 4.74 Å².